The predicted molar refractivity (Wildman–Crippen MR) is 120 cm³/mol. The Kier molecular flexibility index (Phi) is 4.92. The highest BCUT2D eigenvalue weighted by Gasteiger charge is 2.50. The number of halogens is 1. The van der Waals surface area contributed by atoms with Gasteiger partial charge in [0, 0.05) is 41.6 Å². The van der Waals surface area contributed by atoms with Gasteiger partial charge in [0.1, 0.15) is 11.6 Å². The third-order valence-electron chi connectivity index (χ3n) is 8.36. The fraction of sp³-hybridized carbons (Fsp3) is 0.577. The fourth-order valence-corrected chi connectivity index (χ4v) is 6.57. The van der Waals surface area contributed by atoms with Crippen LogP contribution in [0, 0.1) is 30.5 Å². The second kappa shape index (κ2) is 7.82. The molecule has 0 N–H and O–H groups in total. The average molecular weight is 436 g/mol. The Balaban J connectivity index is 1.11. The molecule has 2 aromatic heterocycles. The molecule has 4 atom stereocenters. The molecular weight excluding hydrogens is 405 g/mol. The summed E-state index contributed by atoms with van der Waals surface area (Å²) in [6.07, 6.45) is 9.74. The quantitative estimate of drug-likeness (QED) is 0.556. The molecule has 0 saturated heterocycles. The predicted octanol–water partition coefficient (Wildman–Crippen LogP) is 5.32. The van der Waals surface area contributed by atoms with Crippen LogP contribution in [0.3, 0.4) is 0 Å². The second-order valence-electron chi connectivity index (χ2n) is 10.1. The lowest BCUT2D eigenvalue weighted by Crippen LogP contribution is -2.32. The number of rotatable bonds is 4. The van der Waals surface area contributed by atoms with E-state index >= 15 is 0 Å². The van der Waals surface area contributed by atoms with Gasteiger partial charge in [-0.15, -0.1) is 0 Å². The van der Waals surface area contributed by atoms with Gasteiger partial charge in [0.25, 0.3) is 5.56 Å². The lowest BCUT2D eigenvalue weighted by atomic mass is 9.91. The van der Waals surface area contributed by atoms with Crippen molar-refractivity contribution in [3.63, 3.8) is 0 Å². The van der Waals surface area contributed by atoms with Crippen LogP contribution in [0.1, 0.15) is 73.6 Å². The monoisotopic (exact) mass is 435 g/mol. The molecule has 1 aromatic carbocycles. The molecule has 0 amide bonds. The maximum absolute atomic E-state index is 13.5. The van der Waals surface area contributed by atoms with E-state index in [4.69, 9.17) is 9.51 Å². The highest BCUT2D eigenvalue weighted by atomic mass is 19.1. The van der Waals surface area contributed by atoms with E-state index in [0.29, 0.717) is 11.5 Å². The molecule has 3 heterocycles. The molecule has 0 bridgehead atoms. The van der Waals surface area contributed by atoms with Crippen LogP contribution in [0.2, 0.25) is 0 Å². The van der Waals surface area contributed by atoms with Crippen LogP contribution in [0.15, 0.2) is 27.5 Å². The Bertz CT molecular complexity index is 1220. The van der Waals surface area contributed by atoms with Crippen LogP contribution >= 0.6 is 0 Å². The smallest absolute Gasteiger partial charge is 0.256 e. The van der Waals surface area contributed by atoms with Crippen molar-refractivity contribution in [3.8, 4) is 0 Å². The highest BCUT2D eigenvalue weighted by molar-refractivity contribution is 5.79. The minimum atomic E-state index is -0.283. The number of hydrogen-bond donors (Lipinski definition) is 0. The summed E-state index contributed by atoms with van der Waals surface area (Å²) in [5.41, 5.74) is 3.64. The van der Waals surface area contributed by atoms with Crippen LogP contribution in [0.4, 0.5) is 4.39 Å². The van der Waals surface area contributed by atoms with Gasteiger partial charge in [0.05, 0.1) is 5.69 Å². The van der Waals surface area contributed by atoms with Crippen LogP contribution in [0.25, 0.3) is 11.0 Å². The zero-order valence-electron chi connectivity index (χ0n) is 18.6. The largest absolute Gasteiger partial charge is 0.356 e. The molecule has 2 saturated carbocycles. The molecule has 0 spiro atoms. The molecular formula is C26H30FN3O2. The Morgan fingerprint density at radius 3 is 2.78 bits per heavy atom. The Labute approximate surface area is 187 Å². The summed E-state index contributed by atoms with van der Waals surface area (Å²) in [7, 11) is 0. The van der Waals surface area contributed by atoms with Gasteiger partial charge in [-0.2, -0.15) is 0 Å². The van der Waals surface area contributed by atoms with Gasteiger partial charge < -0.3 is 4.52 Å². The molecule has 3 aliphatic rings. The third-order valence-corrected chi connectivity index (χ3v) is 8.36. The number of aromatic nitrogens is 3. The van der Waals surface area contributed by atoms with Gasteiger partial charge in [0.2, 0.25) is 0 Å². The molecule has 2 aliphatic carbocycles. The topological polar surface area (TPSA) is 60.9 Å². The molecule has 32 heavy (non-hydrogen) atoms. The molecule has 2 unspecified atom stereocenters. The summed E-state index contributed by atoms with van der Waals surface area (Å²) in [5.74, 6) is 3.36. The van der Waals surface area contributed by atoms with Crippen LogP contribution in [-0.4, -0.2) is 14.7 Å². The van der Waals surface area contributed by atoms with Crippen LogP contribution < -0.4 is 5.56 Å². The van der Waals surface area contributed by atoms with E-state index in [-0.39, 0.29) is 11.4 Å². The average Bonchev–Trinajstić information content (AvgIpc) is 3.36. The number of aryl methyl sites for hydroxylation is 2. The number of benzene rings is 1. The third kappa shape index (κ3) is 3.39. The van der Waals surface area contributed by atoms with E-state index < -0.39 is 0 Å². The van der Waals surface area contributed by atoms with Gasteiger partial charge in [-0.3, -0.25) is 9.36 Å². The van der Waals surface area contributed by atoms with E-state index in [1.54, 1.807) is 6.07 Å². The van der Waals surface area contributed by atoms with Crippen molar-refractivity contribution in [2.45, 2.75) is 77.2 Å². The van der Waals surface area contributed by atoms with Gasteiger partial charge >= 0.3 is 0 Å². The number of fused-ring (bicyclic) bond motifs is 3. The van der Waals surface area contributed by atoms with E-state index in [2.05, 4.69) is 5.16 Å². The lowest BCUT2D eigenvalue weighted by Gasteiger charge is -2.19. The van der Waals surface area contributed by atoms with Crippen molar-refractivity contribution in [3.05, 3.63) is 57.1 Å². The molecule has 3 aromatic rings. The first-order chi connectivity index (χ1) is 15.6. The Hall–Kier alpha value is -2.50. The molecule has 6 heteroatoms. The first-order valence-electron chi connectivity index (χ1n) is 12.2. The number of nitrogens with zero attached hydrogens (tertiary/aromatic N) is 3. The van der Waals surface area contributed by atoms with Gasteiger partial charge in [-0.25, -0.2) is 9.37 Å². The van der Waals surface area contributed by atoms with Crippen LogP contribution in [0.5, 0.6) is 0 Å². The summed E-state index contributed by atoms with van der Waals surface area (Å²) in [6, 6.07) is 4.72. The van der Waals surface area contributed by atoms with E-state index in [1.165, 1.54) is 25.0 Å². The molecule has 6 rings (SSSR count). The molecule has 5 nitrogen and oxygen atoms in total. The van der Waals surface area contributed by atoms with Gasteiger partial charge in [-0.05, 0) is 88.2 Å². The summed E-state index contributed by atoms with van der Waals surface area (Å²) < 4.78 is 20.8. The van der Waals surface area contributed by atoms with Crippen molar-refractivity contribution in [1.82, 2.24) is 14.7 Å². The van der Waals surface area contributed by atoms with Crippen molar-refractivity contribution < 1.29 is 8.91 Å². The first-order valence-corrected chi connectivity index (χ1v) is 12.2. The normalized spacial score (nSPS) is 27.1. The second-order valence-corrected chi connectivity index (χ2v) is 10.1. The molecule has 1 aliphatic heterocycles. The lowest BCUT2D eigenvalue weighted by molar-refractivity contribution is 0.418. The van der Waals surface area contributed by atoms with Gasteiger partial charge in [-0.1, -0.05) is 5.16 Å². The van der Waals surface area contributed by atoms with Gasteiger partial charge in [0.15, 0.2) is 5.58 Å². The standard InChI is InChI=1S/C26H30FN3O2/c1-15-18(26(31)30-13-3-2-4-24(30)28-15)11-12-21-19-8-5-16(6-9-20(19)21)25-22-10-7-17(27)14-23(22)32-29-25/h7,10,14,16,19-21H,2-6,8-9,11-13H2,1H3/t16?,19-,20+,21?. The highest BCUT2D eigenvalue weighted by Crippen LogP contribution is 2.58. The summed E-state index contributed by atoms with van der Waals surface area (Å²) in [5, 5.41) is 5.26. The summed E-state index contributed by atoms with van der Waals surface area (Å²) >= 11 is 0. The Morgan fingerprint density at radius 1 is 1.16 bits per heavy atom. The van der Waals surface area contributed by atoms with E-state index in [0.717, 1.165) is 97.4 Å². The Morgan fingerprint density at radius 2 is 1.97 bits per heavy atom. The van der Waals surface area contributed by atoms with E-state index in [9.17, 15) is 9.18 Å². The maximum atomic E-state index is 13.5. The van der Waals surface area contributed by atoms with Crippen molar-refractivity contribution in [1.29, 1.82) is 0 Å². The minimum Gasteiger partial charge on any atom is -0.356 e. The summed E-state index contributed by atoms with van der Waals surface area (Å²) in [6.45, 7) is 2.84. The zero-order valence-corrected chi connectivity index (χ0v) is 18.6. The molecule has 0 radical (unpaired) electrons. The van der Waals surface area contributed by atoms with Crippen LogP contribution in [-0.2, 0) is 19.4 Å². The number of hydrogen-bond acceptors (Lipinski definition) is 4. The van der Waals surface area contributed by atoms with Crippen molar-refractivity contribution >= 4 is 11.0 Å². The van der Waals surface area contributed by atoms with Crippen molar-refractivity contribution in [2.75, 3.05) is 0 Å². The van der Waals surface area contributed by atoms with Crippen molar-refractivity contribution in [2.24, 2.45) is 17.8 Å². The maximum Gasteiger partial charge on any atom is 0.256 e. The van der Waals surface area contributed by atoms with E-state index in [1.807, 2.05) is 11.5 Å². The fourth-order valence-electron chi connectivity index (χ4n) is 6.57. The SMILES string of the molecule is Cc1nc2n(c(=O)c1CCC1[C@H]3CCC(c4noc5cc(F)ccc45)CC[C@@H]13)CCCC2. The first kappa shape index (κ1) is 20.1. The summed E-state index contributed by atoms with van der Waals surface area (Å²) in [4.78, 5) is 17.8. The minimum absolute atomic E-state index is 0.211. The molecule has 168 valence electrons. The molecule has 2 fully saturated rings. The zero-order chi connectivity index (χ0) is 21.8.